The SMILES string of the molecule is COc1ccc(Cl)cc1NC(=O)c1ccc(C(=O)NC2CCCC2)cc1. The van der Waals surface area contributed by atoms with E-state index in [9.17, 15) is 9.59 Å². The van der Waals surface area contributed by atoms with E-state index in [-0.39, 0.29) is 17.9 Å². The highest BCUT2D eigenvalue weighted by atomic mass is 35.5. The summed E-state index contributed by atoms with van der Waals surface area (Å²) in [6.07, 6.45) is 4.40. The molecule has 2 amide bonds. The Kier molecular flexibility index (Phi) is 5.78. The molecule has 2 aromatic rings. The van der Waals surface area contributed by atoms with Crippen LogP contribution in [0.4, 0.5) is 5.69 Å². The molecule has 2 aromatic carbocycles. The molecule has 0 unspecified atom stereocenters. The van der Waals surface area contributed by atoms with E-state index in [1.54, 1.807) is 42.5 Å². The van der Waals surface area contributed by atoms with Crippen LogP contribution < -0.4 is 15.4 Å². The fraction of sp³-hybridized carbons (Fsp3) is 0.300. The Morgan fingerprint density at radius 2 is 1.62 bits per heavy atom. The Labute approximate surface area is 157 Å². The molecule has 0 heterocycles. The maximum Gasteiger partial charge on any atom is 0.255 e. The summed E-state index contributed by atoms with van der Waals surface area (Å²) in [5.74, 6) is 0.129. The van der Waals surface area contributed by atoms with Gasteiger partial charge in [-0.3, -0.25) is 9.59 Å². The Morgan fingerprint density at radius 3 is 2.23 bits per heavy atom. The minimum atomic E-state index is -0.298. The van der Waals surface area contributed by atoms with E-state index in [0.717, 1.165) is 25.7 Å². The van der Waals surface area contributed by atoms with Crippen molar-refractivity contribution >= 4 is 29.1 Å². The van der Waals surface area contributed by atoms with Gasteiger partial charge in [-0.1, -0.05) is 24.4 Å². The van der Waals surface area contributed by atoms with Gasteiger partial charge in [0.2, 0.25) is 0 Å². The van der Waals surface area contributed by atoms with Crippen molar-refractivity contribution < 1.29 is 14.3 Å². The van der Waals surface area contributed by atoms with Crippen molar-refractivity contribution in [1.29, 1.82) is 0 Å². The number of hydrogen-bond donors (Lipinski definition) is 2. The summed E-state index contributed by atoms with van der Waals surface area (Å²) in [4.78, 5) is 24.7. The minimum Gasteiger partial charge on any atom is -0.495 e. The Bertz CT molecular complexity index is 799. The van der Waals surface area contributed by atoms with Crippen LogP contribution in [0.25, 0.3) is 0 Å². The average molecular weight is 373 g/mol. The molecule has 0 aromatic heterocycles. The van der Waals surface area contributed by atoms with Crippen molar-refractivity contribution in [2.75, 3.05) is 12.4 Å². The van der Waals surface area contributed by atoms with Crippen LogP contribution in [0.1, 0.15) is 46.4 Å². The first-order valence-corrected chi connectivity index (χ1v) is 9.00. The summed E-state index contributed by atoms with van der Waals surface area (Å²) in [5, 5.41) is 6.31. The summed E-state index contributed by atoms with van der Waals surface area (Å²) in [6.45, 7) is 0. The predicted octanol–water partition coefficient (Wildman–Crippen LogP) is 4.27. The van der Waals surface area contributed by atoms with E-state index in [2.05, 4.69) is 10.6 Å². The van der Waals surface area contributed by atoms with Gasteiger partial charge in [0.25, 0.3) is 11.8 Å². The van der Waals surface area contributed by atoms with Gasteiger partial charge in [-0.2, -0.15) is 0 Å². The Hall–Kier alpha value is -2.53. The average Bonchev–Trinajstić information content (AvgIpc) is 3.15. The van der Waals surface area contributed by atoms with E-state index >= 15 is 0 Å². The molecular weight excluding hydrogens is 352 g/mol. The van der Waals surface area contributed by atoms with E-state index < -0.39 is 0 Å². The summed E-state index contributed by atoms with van der Waals surface area (Å²) in [6, 6.07) is 11.9. The lowest BCUT2D eigenvalue weighted by Gasteiger charge is -2.12. The van der Waals surface area contributed by atoms with Crippen LogP contribution in [0.15, 0.2) is 42.5 Å². The van der Waals surface area contributed by atoms with Crippen LogP contribution in [0, 0.1) is 0 Å². The molecule has 0 atom stereocenters. The molecule has 1 aliphatic rings. The molecular formula is C20H21ClN2O3. The molecule has 0 saturated heterocycles. The number of methoxy groups -OCH3 is 1. The van der Waals surface area contributed by atoms with Crippen molar-refractivity contribution in [3.05, 3.63) is 58.6 Å². The summed E-state index contributed by atoms with van der Waals surface area (Å²) in [5.41, 5.74) is 1.49. The second-order valence-corrected chi connectivity index (χ2v) is 6.77. The highest BCUT2D eigenvalue weighted by molar-refractivity contribution is 6.31. The minimum absolute atomic E-state index is 0.0969. The number of anilines is 1. The highest BCUT2D eigenvalue weighted by Crippen LogP contribution is 2.28. The number of benzene rings is 2. The van der Waals surface area contributed by atoms with Crippen LogP contribution in [-0.4, -0.2) is 25.0 Å². The van der Waals surface area contributed by atoms with Crippen LogP contribution >= 0.6 is 11.6 Å². The molecule has 5 nitrogen and oxygen atoms in total. The van der Waals surface area contributed by atoms with Crippen molar-refractivity contribution in [3.8, 4) is 5.75 Å². The molecule has 2 N–H and O–H groups in total. The third-order valence-electron chi connectivity index (χ3n) is 4.51. The number of carbonyl (C=O) groups is 2. The zero-order valence-electron chi connectivity index (χ0n) is 14.5. The van der Waals surface area contributed by atoms with Gasteiger partial charge < -0.3 is 15.4 Å². The molecule has 0 aliphatic heterocycles. The Morgan fingerprint density at radius 1 is 1.00 bits per heavy atom. The standard InChI is InChI=1S/C20H21ClN2O3/c1-26-18-11-10-15(21)12-17(18)23-20(25)14-8-6-13(7-9-14)19(24)22-16-4-2-3-5-16/h6-12,16H,2-5H2,1H3,(H,22,24)(H,23,25). The van der Waals surface area contributed by atoms with Crippen LogP contribution in [0.5, 0.6) is 5.75 Å². The second kappa shape index (κ2) is 8.23. The molecule has 1 fully saturated rings. The van der Waals surface area contributed by atoms with Gasteiger partial charge in [-0.05, 0) is 55.3 Å². The highest BCUT2D eigenvalue weighted by Gasteiger charge is 2.18. The first-order valence-electron chi connectivity index (χ1n) is 8.62. The second-order valence-electron chi connectivity index (χ2n) is 6.33. The number of amides is 2. The largest absolute Gasteiger partial charge is 0.495 e. The van der Waals surface area contributed by atoms with Crippen LogP contribution in [0.2, 0.25) is 5.02 Å². The van der Waals surface area contributed by atoms with Crippen LogP contribution in [-0.2, 0) is 0 Å². The number of carbonyl (C=O) groups excluding carboxylic acids is 2. The monoisotopic (exact) mass is 372 g/mol. The third kappa shape index (κ3) is 4.35. The normalized spacial score (nSPS) is 14.1. The number of ether oxygens (including phenoxy) is 1. The topological polar surface area (TPSA) is 67.4 Å². The van der Waals surface area contributed by atoms with Crippen molar-refractivity contribution in [2.24, 2.45) is 0 Å². The van der Waals surface area contributed by atoms with Gasteiger partial charge in [0.15, 0.2) is 0 Å². The molecule has 1 saturated carbocycles. The molecule has 3 rings (SSSR count). The molecule has 0 bridgehead atoms. The summed E-state index contributed by atoms with van der Waals surface area (Å²) >= 11 is 5.98. The van der Waals surface area contributed by atoms with E-state index in [1.165, 1.54) is 7.11 Å². The van der Waals surface area contributed by atoms with Crippen molar-refractivity contribution in [3.63, 3.8) is 0 Å². The van der Waals surface area contributed by atoms with Crippen LogP contribution in [0.3, 0.4) is 0 Å². The van der Waals surface area contributed by atoms with Crippen molar-refractivity contribution in [2.45, 2.75) is 31.7 Å². The van der Waals surface area contributed by atoms with Crippen molar-refractivity contribution in [1.82, 2.24) is 5.32 Å². The maximum atomic E-state index is 12.4. The molecule has 6 heteroatoms. The lowest BCUT2D eigenvalue weighted by molar-refractivity contribution is 0.0936. The van der Waals surface area contributed by atoms with E-state index in [0.29, 0.717) is 27.6 Å². The smallest absolute Gasteiger partial charge is 0.255 e. The first-order chi connectivity index (χ1) is 12.6. The van der Waals surface area contributed by atoms with E-state index in [1.807, 2.05) is 0 Å². The van der Waals surface area contributed by atoms with Gasteiger partial charge >= 0.3 is 0 Å². The van der Waals surface area contributed by atoms with Gasteiger partial charge in [-0.25, -0.2) is 0 Å². The predicted molar refractivity (Wildman–Crippen MR) is 102 cm³/mol. The zero-order chi connectivity index (χ0) is 18.5. The fourth-order valence-electron chi connectivity index (χ4n) is 3.08. The van der Waals surface area contributed by atoms with Gasteiger partial charge in [0.1, 0.15) is 5.75 Å². The van der Waals surface area contributed by atoms with E-state index in [4.69, 9.17) is 16.3 Å². The third-order valence-corrected chi connectivity index (χ3v) is 4.74. The number of hydrogen-bond acceptors (Lipinski definition) is 3. The molecule has 136 valence electrons. The Balaban J connectivity index is 1.67. The lowest BCUT2D eigenvalue weighted by atomic mass is 10.1. The molecule has 1 aliphatic carbocycles. The fourth-order valence-corrected chi connectivity index (χ4v) is 3.26. The van der Waals surface area contributed by atoms with Gasteiger partial charge in [0.05, 0.1) is 12.8 Å². The van der Waals surface area contributed by atoms with Gasteiger partial charge in [-0.15, -0.1) is 0 Å². The molecule has 0 radical (unpaired) electrons. The zero-order valence-corrected chi connectivity index (χ0v) is 15.3. The number of rotatable bonds is 5. The molecule has 0 spiro atoms. The molecule has 26 heavy (non-hydrogen) atoms. The quantitative estimate of drug-likeness (QED) is 0.823. The lowest BCUT2D eigenvalue weighted by Crippen LogP contribution is -2.32. The maximum absolute atomic E-state index is 12.4. The van der Waals surface area contributed by atoms with Gasteiger partial charge in [0, 0.05) is 22.2 Å². The summed E-state index contributed by atoms with van der Waals surface area (Å²) in [7, 11) is 1.52. The summed E-state index contributed by atoms with van der Waals surface area (Å²) < 4.78 is 5.22. The number of nitrogens with one attached hydrogen (secondary N) is 2. The first kappa shape index (κ1) is 18.3. The number of halogens is 1.